The van der Waals surface area contributed by atoms with E-state index in [1.807, 2.05) is 6.92 Å². The minimum absolute atomic E-state index is 0.279. The Hall–Kier alpha value is -3.03. The van der Waals surface area contributed by atoms with Gasteiger partial charge in [0.1, 0.15) is 5.82 Å². The Morgan fingerprint density at radius 2 is 2.17 bits per heavy atom. The minimum atomic E-state index is -0.369. The number of nitrogens with zero attached hydrogens (tertiary/aromatic N) is 4. The average Bonchev–Trinajstić information content (AvgIpc) is 2.87. The van der Waals surface area contributed by atoms with Crippen LogP contribution in [0.2, 0.25) is 0 Å². The monoisotopic (exact) mass is 312 g/mol. The van der Waals surface area contributed by atoms with Crippen LogP contribution >= 0.6 is 0 Å². The minimum Gasteiger partial charge on any atom is -0.344 e. The number of aromatic nitrogens is 5. The van der Waals surface area contributed by atoms with E-state index < -0.39 is 0 Å². The summed E-state index contributed by atoms with van der Waals surface area (Å²) in [6.45, 7) is 3.61. The molecule has 3 heterocycles. The Morgan fingerprint density at radius 1 is 1.39 bits per heavy atom. The molecule has 3 aromatic heterocycles. The summed E-state index contributed by atoms with van der Waals surface area (Å²) in [7, 11) is 1.77. The van der Waals surface area contributed by atoms with Crippen molar-refractivity contribution in [1.82, 2.24) is 29.8 Å². The molecule has 118 valence electrons. The summed E-state index contributed by atoms with van der Waals surface area (Å²) < 4.78 is 1.69. The van der Waals surface area contributed by atoms with Crippen molar-refractivity contribution >= 4 is 17.1 Å². The van der Waals surface area contributed by atoms with Gasteiger partial charge in [-0.2, -0.15) is 0 Å². The molecule has 1 atom stereocenters. The molecule has 0 radical (unpaired) electrons. The number of carbonyl (C=O) groups is 1. The second-order valence-electron chi connectivity index (χ2n) is 5.32. The predicted octanol–water partition coefficient (Wildman–Crippen LogP) is 0.851. The fourth-order valence-corrected chi connectivity index (χ4v) is 2.43. The van der Waals surface area contributed by atoms with Gasteiger partial charge in [0, 0.05) is 19.3 Å². The zero-order chi connectivity index (χ0) is 16.6. The summed E-state index contributed by atoms with van der Waals surface area (Å²) in [5.74, 6) is 0.280. The maximum Gasteiger partial charge on any atom is 0.254 e. The van der Waals surface area contributed by atoms with Gasteiger partial charge < -0.3 is 14.9 Å². The lowest BCUT2D eigenvalue weighted by Gasteiger charge is -2.14. The molecule has 0 aliphatic rings. The average molecular weight is 312 g/mol. The number of imidazole rings is 1. The molecule has 8 nitrogen and oxygen atoms in total. The zero-order valence-electron chi connectivity index (χ0n) is 13.0. The van der Waals surface area contributed by atoms with Crippen LogP contribution in [0.25, 0.3) is 11.2 Å². The SMILES string of the molecule is Cc1nccc([C@H](C)NC(=O)c2cc(=O)[nH]c3ncn(C)c23)n1. The van der Waals surface area contributed by atoms with Gasteiger partial charge in [-0.05, 0) is 19.9 Å². The number of fused-ring (bicyclic) bond motifs is 1. The number of hydrogen-bond donors (Lipinski definition) is 2. The number of aromatic amines is 1. The van der Waals surface area contributed by atoms with Crippen molar-refractivity contribution < 1.29 is 4.79 Å². The number of rotatable bonds is 3. The topological polar surface area (TPSA) is 106 Å². The van der Waals surface area contributed by atoms with E-state index in [-0.39, 0.29) is 23.1 Å². The molecule has 0 unspecified atom stereocenters. The van der Waals surface area contributed by atoms with Crippen molar-refractivity contribution in [3.63, 3.8) is 0 Å². The first-order valence-electron chi connectivity index (χ1n) is 7.10. The third-order valence-electron chi connectivity index (χ3n) is 3.54. The van der Waals surface area contributed by atoms with Crippen LogP contribution in [0.1, 0.15) is 34.8 Å². The van der Waals surface area contributed by atoms with Crippen molar-refractivity contribution in [2.24, 2.45) is 7.05 Å². The fourth-order valence-electron chi connectivity index (χ4n) is 2.43. The second-order valence-corrected chi connectivity index (χ2v) is 5.32. The van der Waals surface area contributed by atoms with Crippen LogP contribution in [0.5, 0.6) is 0 Å². The fraction of sp³-hybridized carbons (Fsp3) is 0.267. The highest BCUT2D eigenvalue weighted by Gasteiger charge is 2.18. The second kappa shape index (κ2) is 5.64. The van der Waals surface area contributed by atoms with Crippen molar-refractivity contribution in [2.45, 2.75) is 19.9 Å². The zero-order valence-corrected chi connectivity index (χ0v) is 13.0. The standard InChI is InChI=1S/C15H16N6O2/c1-8(11-4-5-16-9(2)19-11)18-15(23)10-6-12(22)20-14-13(10)21(3)7-17-14/h4-8H,1-3H3,(H,18,23)(H,20,22)/t8-/m0/s1. The number of pyridine rings is 1. The molecule has 0 aliphatic carbocycles. The molecule has 0 saturated carbocycles. The molecule has 23 heavy (non-hydrogen) atoms. The van der Waals surface area contributed by atoms with E-state index in [4.69, 9.17) is 0 Å². The number of carbonyl (C=O) groups excluding carboxylic acids is 1. The molecule has 3 aromatic rings. The van der Waals surface area contributed by atoms with Crippen molar-refractivity contribution in [2.75, 3.05) is 0 Å². The Labute approximate surface area is 131 Å². The first-order chi connectivity index (χ1) is 11.0. The van der Waals surface area contributed by atoms with Crippen molar-refractivity contribution in [1.29, 1.82) is 0 Å². The molecule has 0 spiro atoms. The summed E-state index contributed by atoms with van der Waals surface area (Å²) in [6.07, 6.45) is 3.20. The van der Waals surface area contributed by atoms with E-state index in [0.717, 1.165) is 0 Å². The largest absolute Gasteiger partial charge is 0.344 e. The maximum absolute atomic E-state index is 12.6. The summed E-state index contributed by atoms with van der Waals surface area (Å²) >= 11 is 0. The molecule has 0 aromatic carbocycles. The van der Waals surface area contributed by atoms with Crippen LogP contribution in [0, 0.1) is 6.92 Å². The van der Waals surface area contributed by atoms with E-state index in [0.29, 0.717) is 22.7 Å². The van der Waals surface area contributed by atoms with Gasteiger partial charge in [0.15, 0.2) is 5.65 Å². The summed E-state index contributed by atoms with van der Waals surface area (Å²) in [6, 6.07) is 2.71. The van der Waals surface area contributed by atoms with E-state index in [9.17, 15) is 9.59 Å². The Bertz CT molecular complexity index is 943. The molecule has 0 fully saturated rings. The van der Waals surface area contributed by atoms with Crippen LogP contribution in [-0.2, 0) is 7.05 Å². The first kappa shape index (κ1) is 14.9. The third kappa shape index (κ3) is 2.83. The third-order valence-corrected chi connectivity index (χ3v) is 3.54. The number of H-pyrrole nitrogens is 1. The molecule has 0 bridgehead atoms. The lowest BCUT2D eigenvalue weighted by molar-refractivity contribution is 0.0940. The van der Waals surface area contributed by atoms with E-state index >= 15 is 0 Å². The van der Waals surface area contributed by atoms with Crippen molar-refractivity contribution in [3.8, 4) is 0 Å². The predicted molar refractivity (Wildman–Crippen MR) is 84.0 cm³/mol. The van der Waals surface area contributed by atoms with E-state index in [2.05, 4.69) is 25.3 Å². The van der Waals surface area contributed by atoms with Crippen LogP contribution in [-0.4, -0.2) is 30.4 Å². The summed E-state index contributed by atoms with van der Waals surface area (Å²) in [4.78, 5) is 39.3. The van der Waals surface area contributed by atoms with Gasteiger partial charge in [-0.15, -0.1) is 0 Å². The highest BCUT2D eigenvalue weighted by Crippen LogP contribution is 2.15. The normalized spacial score (nSPS) is 12.3. The van der Waals surface area contributed by atoms with Gasteiger partial charge >= 0.3 is 0 Å². The lowest BCUT2D eigenvalue weighted by atomic mass is 10.1. The Balaban J connectivity index is 1.95. The van der Waals surface area contributed by atoms with Gasteiger partial charge in [-0.3, -0.25) is 9.59 Å². The molecular formula is C15H16N6O2. The van der Waals surface area contributed by atoms with Gasteiger partial charge in [0.25, 0.3) is 5.91 Å². The molecule has 0 saturated heterocycles. The molecule has 8 heteroatoms. The smallest absolute Gasteiger partial charge is 0.254 e. The van der Waals surface area contributed by atoms with Crippen LogP contribution in [0.4, 0.5) is 0 Å². The first-order valence-corrected chi connectivity index (χ1v) is 7.10. The molecule has 3 rings (SSSR count). The van der Waals surface area contributed by atoms with E-state index in [1.54, 1.807) is 37.1 Å². The van der Waals surface area contributed by atoms with Crippen LogP contribution in [0.3, 0.4) is 0 Å². The van der Waals surface area contributed by atoms with Gasteiger partial charge in [-0.25, -0.2) is 15.0 Å². The molecule has 2 N–H and O–H groups in total. The molecular weight excluding hydrogens is 296 g/mol. The molecule has 0 aliphatic heterocycles. The highest BCUT2D eigenvalue weighted by molar-refractivity contribution is 6.04. The van der Waals surface area contributed by atoms with Crippen molar-refractivity contribution in [3.05, 3.63) is 52.1 Å². The quantitative estimate of drug-likeness (QED) is 0.746. The number of nitrogens with one attached hydrogen (secondary N) is 2. The Kier molecular flexibility index (Phi) is 3.65. The number of amides is 1. The maximum atomic E-state index is 12.6. The number of hydrogen-bond acceptors (Lipinski definition) is 5. The van der Waals surface area contributed by atoms with Crippen LogP contribution in [0.15, 0.2) is 29.5 Å². The van der Waals surface area contributed by atoms with Gasteiger partial charge in [0.05, 0.1) is 29.1 Å². The lowest BCUT2D eigenvalue weighted by Crippen LogP contribution is -2.29. The van der Waals surface area contributed by atoms with Crippen LogP contribution < -0.4 is 10.9 Å². The Morgan fingerprint density at radius 3 is 2.91 bits per heavy atom. The molecule has 1 amide bonds. The number of aryl methyl sites for hydroxylation is 2. The highest BCUT2D eigenvalue weighted by atomic mass is 16.2. The summed E-state index contributed by atoms with van der Waals surface area (Å²) in [5, 5.41) is 2.85. The van der Waals surface area contributed by atoms with Gasteiger partial charge in [-0.1, -0.05) is 0 Å². The summed E-state index contributed by atoms with van der Waals surface area (Å²) in [5.41, 5.74) is 1.58. The van der Waals surface area contributed by atoms with Gasteiger partial charge in [0.2, 0.25) is 5.56 Å². The van der Waals surface area contributed by atoms with E-state index in [1.165, 1.54) is 6.07 Å².